The summed E-state index contributed by atoms with van der Waals surface area (Å²) in [4.78, 5) is 2.33. The molecule has 2 aromatic carbocycles. The molecule has 1 aliphatic heterocycles. The van der Waals surface area contributed by atoms with E-state index < -0.39 is 0 Å². The van der Waals surface area contributed by atoms with E-state index >= 15 is 0 Å². The summed E-state index contributed by atoms with van der Waals surface area (Å²) in [7, 11) is 0. The van der Waals surface area contributed by atoms with Crippen LogP contribution in [0.2, 0.25) is 0 Å². The summed E-state index contributed by atoms with van der Waals surface area (Å²) in [6, 6.07) is 17.1. The fraction of sp³-hybridized carbons (Fsp3) is 0.176. The van der Waals surface area contributed by atoms with E-state index in [0.717, 1.165) is 9.35 Å². The summed E-state index contributed by atoms with van der Waals surface area (Å²) in [6.45, 7) is 1.34. The molecule has 0 unspecified atom stereocenters. The van der Waals surface area contributed by atoms with Crippen LogP contribution in [-0.2, 0) is 9.47 Å². The van der Waals surface area contributed by atoms with Gasteiger partial charge in [0.15, 0.2) is 6.29 Å². The lowest BCUT2D eigenvalue weighted by Crippen LogP contribution is -1.93. The molecule has 4 rings (SSSR count). The molecule has 0 saturated carbocycles. The van der Waals surface area contributed by atoms with Crippen LogP contribution in [-0.4, -0.2) is 13.2 Å². The van der Waals surface area contributed by atoms with E-state index in [4.69, 9.17) is 9.47 Å². The molecule has 0 radical (unpaired) electrons. The third kappa shape index (κ3) is 2.53. The van der Waals surface area contributed by atoms with E-state index in [1.54, 1.807) is 11.3 Å². The van der Waals surface area contributed by atoms with Gasteiger partial charge in [-0.25, -0.2) is 0 Å². The average molecular weight is 361 g/mol. The SMILES string of the molecule is Brc1cc(C2OCCO2)sc1-c1ccc2ccccc2c1. The Morgan fingerprint density at radius 1 is 0.952 bits per heavy atom. The quantitative estimate of drug-likeness (QED) is 0.610. The molecule has 0 spiro atoms. The van der Waals surface area contributed by atoms with Crippen molar-refractivity contribution in [3.8, 4) is 10.4 Å². The van der Waals surface area contributed by atoms with Crippen LogP contribution in [0.5, 0.6) is 0 Å². The zero-order chi connectivity index (χ0) is 14.2. The summed E-state index contributed by atoms with van der Waals surface area (Å²) in [5.74, 6) is 0. The van der Waals surface area contributed by atoms with Gasteiger partial charge in [-0.1, -0.05) is 36.4 Å². The van der Waals surface area contributed by atoms with Crippen molar-refractivity contribution in [2.45, 2.75) is 6.29 Å². The monoisotopic (exact) mass is 360 g/mol. The molecule has 1 aliphatic rings. The maximum atomic E-state index is 5.58. The summed E-state index contributed by atoms with van der Waals surface area (Å²) < 4.78 is 12.3. The smallest absolute Gasteiger partial charge is 0.193 e. The molecule has 0 N–H and O–H groups in total. The molecule has 0 atom stereocenters. The molecular formula is C17H13BrO2S. The van der Waals surface area contributed by atoms with E-state index in [2.05, 4.69) is 64.5 Å². The van der Waals surface area contributed by atoms with E-state index in [-0.39, 0.29) is 6.29 Å². The fourth-order valence-electron chi connectivity index (χ4n) is 2.55. The van der Waals surface area contributed by atoms with Crippen LogP contribution in [0.25, 0.3) is 21.2 Å². The zero-order valence-corrected chi connectivity index (χ0v) is 13.6. The van der Waals surface area contributed by atoms with Gasteiger partial charge in [-0.05, 0) is 44.4 Å². The molecule has 0 bridgehead atoms. The van der Waals surface area contributed by atoms with Gasteiger partial charge >= 0.3 is 0 Å². The summed E-state index contributed by atoms with van der Waals surface area (Å²) >= 11 is 5.39. The minimum Gasteiger partial charge on any atom is -0.345 e. The minimum absolute atomic E-state index is 0.208. The Bertz CT molecular complexity index is 790. The van der Waals surface area contributed by atoms with Gasteiger partial charge in [0.05, 0.1) is 18.1 Å². The Balaban J connectivity index is 1.77. The van der Waals surface area contributed by atoms with Crippen molar-refractivity contribution in [3.63, 3.8) is 0 Å². The molecule has 1 saturated heterocycles. The molecule has 0 aliphatic carbocycles. The highest BCUT2D eigenvalue weighted by molar-refractivity contribution is 9.10. The van der Waals surface area contributed by atoms with Gasteiger partial charge in [-0.3, -0.25) is 0 Å². The molecule has 2 heterocycles. The fourth-order valence-corrected chi connectivity index (χ4v) is 4.47. The first-order chi connectivity index (χ1) is 10.3. The van der Waals surface area contributed by atoms with E-state index in [0.29, 0.717) is 13.2 Å². The van der Waals surface area contributed by atoms with E-state index in [1.165, 1.54) is 21.2 Å². The number of hydrogen-bond acceptors (Lipinski definition) is 3. The highest BCUT2D eigenvalue weighted by atomic mass is 79.9. The van der Waals surface area contributed by atoms with Gasteiger partial charge in [0.25, 0.3) is 0 Å². The van der Waals surface area contributed by atoms with Crippen LogP contribution in [0.3, 0.4) is 0 Å². The van der Waals surface area contributed by atoms with Gasteiger partial charge in [0, 0.05) is 9.35 Å². The van der Waals surface area contributed by atoms with Crippen molar-refractivity contribution >= 4 is 38.0 Å². The third-order valence-electron chi connectivity index (χ3n) is 3.57. The molecule has 3 aromatic rings. The van der Waals surface area contributed by atoms with Gasteiger partial charge in [-0.15, -0.1) is 11.3 Å². The second kappa shape index (κ2) is 5.54. The molecule has 1 fully saturated rings. The summed E-state index contributed by atoms with van der Waals surface area (Å²) in [6.07, 6.45) is -0.208. The first-order valence-corrected chi connectivity index (χ1v) is 8.44. The highest BCUT2D eigenvalue weighted by Gasteiger charge is 2.22. The Labute approximate surface area is 135 Å². The second-order valence-electron chi connectivity index (χ2n) is 4.96. The summed E-state index contributed by atoms with van der Waals surface area (Å²) in [5.41, 5.74) is 1.22. The lowest BCUT2D eigenvalue weighted by molar-refractivity contribution is -0.0413. The number of thiophene rings is 1. The number of rotatable bonds is 2. The zero-order valence-electron chi connectivity index (χ0n) is 11.2. The van der Waals surface area contributed by atoms with E-state index in [9.17, 15) is 0 Å². The van der Waals surface area contributed by atoms with E-state index in [1.807, 2.05) is 0 Å². The van der Waals surface area contributed by atoms with Crippen molar-refractivity contribution in [1.29, 1.82) is 0 Å². The minimum atomic E-state index is -0.208. The number of benzene rings is 2. The number of ether oxygens (including phenoxy) is 2. The van der Waals surface area contributed by atoms with Crippen molar-refractivity contribution in [2.75, 3.05) is 13.2 Å². The molecule has 4 heteroatoms. The van der Waals surface area contributed by atoms with Gasteiger partial charge in [0.1, 0.15) is 0 Å². The highest BCUT2D eigenvalue weighted by Crippen LogP contribution is 2.41. The largest absolute Gasteiger partial charge is 0.345 e. The number of halogens is 1. The van der Waals surface area contributed by atoms with Gasteiger partial charge in [-0.2, -0.15) is 0 Å². The summed E-state index contributed by atoms with van der Waals surface area (Å²) in [5, 5.41) is 2.52. The van der Waals surface area contributed by atoms with Gasteiger partial charge < -0.3 is 9.47 Å². The normalized spacial score (nSPS) is 15.9. The molecule has 21 heavy (non-hydrogen) atoms. The molecular weight excluding hydrogens is 348 g/mol. The van der Waals surface area contributed by atoms with Crippen molar-refractivity contribution in [3.05, 3.63) is 57.9 Å². The number of fused-ring (bicyclic) bond motifs is 1. The van der Waals surface area contributed by atoms with Crippen LogP contribution in [0.4, 0.5) is 0 Å². The molecule has 106 valence electrons. The van der Waals surface area contributed by atoms with Crippen molar-refractivity contribution in [2.24, 2.45) is 0 Å². The van der Waals surface area contributed by atoms with Crippen molar-refractivity contribution in [1.82, 2.24) is 0 Å². The van der Waals surface area contributed by atoms with Crippen molar-refractivity contribution < 1.29 is 9.47 Å². The standard InChI is InChI=1S/C17H13BrO2S/c18-14-10-15(17-19-7-8-20-17)21-16(14)13-6-5-11-3-1-2-4-12(11)9-13/h1-6,9-10,17H,7-8H2. The maximum absolute atomic E-state index is 5.58. The average Bonchev–Trinajstić information content (AvgIpc) is 3.16. The maximum Gasteiger partial charge on any atom is 0.193 e. The molecule has 1 aromatic heterocycles. The lowest BCUT2D eigenvalue weighted by atomic mass is 10.1. The first-order valence-electron chi connectivity index (χ1n) is 6.83. The predicted molar refractivity (Wildman–Crippen MR) is 89.6 cm³/mol. The van der Waals surface area contributed by atoms with Crippen LogP contribution < -0.4 is 0 Å². The third-order valence-corrected chi connectivity index (χ3v) is 5.67. The Morgan fingerprint density at radius 2 is 1.71 bits per heavy atom. The van der Waals surface area contributed by atoms with Crippen LogP contribution in [0.1, 0.15) is 11.2 Å². The Morgan fingerprint density at radius 3 is 2.52 bits per heavy atom. The number of hydrogen-bond donors (Lipinski definition) is 0. The van der Waals surface area contributed by atoms with Gasteiger partial charge in [0.2, 0.25) is 0 Å². The first kappa shape index (κ1) is 13.5. The predicted octanol–water partition coefficient (Wildman–Crippen LogP) is 5.38. The molecule has 2 nitrogen and oxygen atoms in total. The Hall–Kier alpha value is -1.20. The molecule has 0 amide bonds. The van der Waals surface area contributed by atoms with Crippen LogP contribution >= 0.6 is 27.3 Å². The van der Waals surface area contributed by atoms with Crippen LogP contribution in [0.15, 0.2) is 53.0 Å². The second-order valence-corrected chi connectivity index (χ2v) is 6.90. The Kier molecular flexibility index (Phi) is 3.55. The topological polar surface area (TPSA) is 18.5 Å². The van der Waals surface area contributed by atoms with Crippen LogP contribution in [0, 0.1) is 0 Å². The lowest BCUT2D eigenvalue weighted by Gasteiger charge is -2.05.